The first kappa shape index (κ1) is 32.6. The molecule has 3 rings (SSSR count). The maximum absolute atomic E-state index is 15.2. The van der Waals surface area contributed by atoms with E-state index in [-0.39, 0.29) is 42.7 Å². The smallest absolute Gasteiger partial charge is 0.414 e. The molecule has 1 saturated heterocycles. The third kappa shape index (κ3) is 7.65. The molecular formula is C25H29F4N5O7S. The third-order valence-electron chi connectivity index (χ3n) is 6.08. The molecule has 1 aliphatic heterocycles. The van der Waals surface area contributed by atoms with Gasteiger partial charge in [-0.1, -0.05) is 4.47 Å². The van der Waals surface area contributed by atoms with Crippen LogP contribution in [0, 0.1) is 11.6 Å². The summed E-state index contributed by atoms with van der Waals surface area (Å²) in [5.74, 6) is -4.01. The van der Waals surface area contributed by atoms with Crippen LogP contribution in [0.25, 0.3) is 0 Å². The van der Waals surface area contributed by atoms with Gasteiger partial charge in [0, 0.05) is 37.8 Å². The lowest BCUT2D eigenvalue weighted by Crippen LogP contribution is -2.39. The van der Waals surface area contributed by atoms with Gasteiger partial charge in [0.05, 0.1) is 37.3 Å². The van der Waals surface area contributed by atoms with Crippen LogP contribution in [0.5, 0.6) is 0 Å². The van der Waals surface area contributed by atoms with Crippen molar-refractivity contribution in [1.82, 2.24) is 9.79 Å². The number of carbonyl (C=O) groups is 3. The van der Waals surface area contributed by atoms with Crippen LogP contribution in [0.15, 0.2) is 41.3 Å². The number of ether oxygens (including phenoxy) is 1. The summed E-state index contributed by atoms with van der Waals surface area (Å²) in [4.78, 5) is 41.5. The maximum atomic E-state index is 15.2. The fourth-order valence-corrected chi connectivity index (χ4v) is 5.34. The summed E-state index contributed by atoms with van der Waals surface area (Å²) < 4.78 is 86.9. The van der Waals surface area contributed by atoms with Gasteiger partial charge >= 0.3 is 12.5 Å². The van der Waals surface area contributed by atoms with Crippen molar-refractivity contribution in [3.8, 4) is 0 Å². The van der Waals surface area contributed by atoms with Gasteiger partial charge in [0.1, 0.15) is 11.8 Å². The molecule has 3 amide bonds. The standard InChI is InChI=1S/C25H29F4N5O7S/c1-4-32(9-10-34(40-3)42(38,39)19-7-5-16(6-8-19)31-15(2)35)22-20(26)11-17(12-21(22)27)33-14-18(41-25(33)37)13-30-24(36)23(28)29/h5-8,11-12,18,23H,4,9-10,13-14H2,1-3H3,(H,30,36)(H,31,35)/t18-/m0/s1. The monoisotopic (exact) mass is 619 g/mol. The van der Waals surface area contributed by atoms with Crippen LogP contribution in [-0.4, -0.2) is 83.2 Å². The molecule has 0 radical (unpaired) electrons. The van der Waals surface area contributed by atoms with Crippen LogP contribution < -0.4 is 20.4 Å². The van der Waals surface area contributed by atoms with Crippen LogP contribution in [0.2, 0.25) is 0 Å². The van der Waals surface area contributed by atoms with E-state index in [2.05, 4.69) is 5.32 Å². The molecule has 0 saturated carbocycles. The zero-order valence-corrected chi connectivity index (χ0v) is 23.6. The number of cyclic esters (lactones) is 1. The van der Waals surface area contributed by atoms with Crippen LogP contribution >= 0.6 is 0 Å². The Balaban J connectivity index is 1.72. The van der Waals surface area contributed by atoms with E-state index in [4.69, 9.17) is 9.57 Å². The number of benzene rings is 2. The minimum absolute atomic E-state index is 0.0634. The van der Waals surface area contributed by atoms with E-state index in [9.17, 15) is 31.6 Å². The molecular weight excluding hydrogens is 590 g/mol. The van der Waals surface area contributed by atoms with Gasteiger partial charge in [-0.2, -0.15) is 8.78 Å². The quantitative estimate of drug-likeness (QED) is 0.258. The molecule has 1 aliphatic rings. The Morgan fingerprint density at radius 1 is 1.14 bits per heavy atom. The second-order valence-corrected chi connectivity index (χ2v) is 10.7. The number of nitrogens with zero attached hydrogens (tertiary/aromatic N) is 3. The Kier molecular flexibility index (Phi) is 10.7. The van der Waals surface area contributed by atoms with Gasteiger partial charge in [0.2, 0.25) is 5.91 Å². The largest absolute Gasteiger partial charge is 0.442 e. The first-order chi connectivity index (χ1) is 19.8. The van der Waals surface area contributed by atoms with E-state index < -0.39 is 58.4 Å². The van der Waals surface area contributed by atoms with Gasteiger partial charge in [0.15, 0.2) is 11.6 Å². The Hall–Kier alpha value is -3.96. The molecule has 0 bridgehead atoms. The Bertz CT molecular complexity index is 1390. The lowest BCUT2D eigenvalue weighted by atomic mass is 10.2. The molecule has 0 spiro atoms. The number of anilines is 3. The lowest BCUT2D eigenvalue weighted by Gasteiger charge is -2.28. The van der Waals surface area contributed by atoms with Gasteiger partial charge in [-0.25, -0.2) is 22.0 Å². The highest BCUT2D eigenvalue weighted by molar-refractivity contribution is 7.89. The number of hydrogen-bond acceptors (Lipinski definition) is 8. The molecule has 17 heteroatoms. The van der Waals surface area contributed by atoms with Crippen molar-refractivity contribution in [2.75, 3.05) is 55.0 Å². The summed E-state index contributed by atoms with van der Waals surface area (Å²) in [5.41, 5.74) is -0.308. The van der Waals surface area contributed by atoms with E-state index in [0.717, 1.165) is 24.1 Å². The molecule has 1 atom stereocenters. The number of nitrogens with one attached hydrogen (secondary N) is 2. The minimum Gasteiger partial charge on any atom is -0.442 e. The van der Waals surface area contributed by atoms with Crippen LogP contribution in [0.4, 0.5) is 39.4 Å². The summed E-state index contributed by atoms with van der Waals surface area (Å²) in [5, 5.41) is 4.43. The van der Waals surface area contributed by atoms with Gasteiger partial charge < -0.3 is 20.3 Å². The predicted octanol–water partition coefficient (Wildman–Crippen LogP) is 2.71. The Morgan fingerprint density at radius 2 is 1.76 bits per heavy atom. The summed E-state index contributed by atoms with van der Waals surface area (Å²) in [7, 11) is -3.07. The number of carbonyl (C=O) groups excluding carboxylic acids is 3. The number of hydroxylamine groups is 1. The van der Waals surface area contributed by atoms with Crippen molar-refractivity contribution >= 4 is 45.0 Å². The second kappa shape index (κ2) is 13.8. The number of rotatable bonds is 13. The predicted molar refractivity (Wildman–Crippen MR) is 143 cm³/mol. The Morgan fingerprint density at radius 3 is 2.29 bits per heavy atom. The first-order valence-corrected chi connectivity index (χ1v) is 13.9. The van der Waals surface area contributed by atoms with E-state index in [1.54, 1.807) is 6.92 Å². The molecule has 0 unspecified atom stereocenters. The zero-order valence-electron chi connectivity index (χ0n) is 22.8. The van der Waals surface area contributed by atoms with E-state index in [1.165, 1.54) is 36.1 Å². The van der Waals surface area contributed by atoms with Gasteiger partial charge in [-0.05, 0) is 31.2 Å². The Labute approximate surface area is 239 Å². The molecule has 1 heterocycles. The molecule has 12 nitrogen and oxygen atoms in total. The highest BCUT2D eigenvalue weighted by Crippen LogP contribution is 2.31. The SMILES string of the molecule is CCN(CCN(OC)S(=O)(=O)c1ccc(NC(C)=O)cc1)c1c(F)cc(N2C[C@H](CNC(=O)C(F)F)OC2=O)cc1F. The molecule has 42 heavy (non-hydrogen) atoms. The van der Waals surface area contributed by atoms with E-state index >= 15 is 8.78 Å². The highest BCUT2D eigenvalue weighted by Gasteiger charge is 2.34. The summed E-state index contributed by atoms with van der Waals surface area (Å²) in [6.45, 7) is 1.75. The second-order valence-electron chi connectivity index (χ2n) is 8.92. The normalized spacial score (nSPS) is 15.2. The van der Waals surface area contributed by atoms with Crippen molar-refractivity contribution in [3.63, 3.8) is 0 Å². The van der Waals surface area contributed by atoms with Crippen molar-refractivity contribution in [3.05, 3.63) is 48.0 Å². The van der Waals surface area contributed by atoms with E-state index in [1.807, 2.05) is 5.32 Å². The van der Waals surface area contributed by atoms with Crippen molar-refractivity contribution in [1.29, 1.82) is 0 Å². The average Bonchev–Trinajstić information content (AvgIpc) is 3.30. The molecule has 2 aromatic carbocycles. The summed E-state index contributed by atoms with van der Waals surface area (Å²) in [6, 6.07) is 7.08. The van der Waals surface area contributed by atoms with Crippen molar-refractivity contribution < 1.29 is 49.9 Å². The fourth-order valence-electron chi connectivity index (χ4n) is 4.11. The van der Waals surface area contributed by atoms with Gasteiger partial charge in [0.25, 0.3) is 15.9 Å². The van der Waals surface area contributed by atoms with Crippen LogP contribution in [-0.2, 0) is 29.2 Å². The average molecular weight is 620 g/mol. The molecule has 2 aromatic rings. The summed E-state index contributed by atoms with van der Waals surface area (Å²) in [6.07, 6.45) is -5.27. The number of amides is 3. The topological polar surface area (TPSA) is 138 Å². The number of sulfonamides is 1. The maximum Gasteiger partial charge on any atom is 0.414 e. The molecule has 0 aliphatic carbocycles. The number of hydrogen-bond donors (Lipinski definition) is 2. The number of halogens is 4. The van der Waals surface area contributed by atoms with Gasteiger partial charge in [-0.3, -0.25) is 19.3 Å². The van der Waals surface area contributed by atoms with E-state index in [0.29, 0.717) is 10.2 Å². The number of likely N-dealkylation sites (N-methyl/N-ethyl adjacent to an activating group) is 1. The molecule has 230 valence electrons. The van der Waals surface area contributed by atoms with Crippen molar-refractivity contribution in [2.24, 2.45) is 0 Å². The first-order valence-electron chi connectivity index (χ1n) is 12.5. The van der Waals surface area contributed by atoms with Crippen molar-refractivity contribution in [2.45, 2.75) is 31.3 Å². The van der Waals surface area contributed by atoms with Crippen LogP contribution in [0.1, 0.15) is 13.8 Å². The minimum atomic E-state index is -4.19. The van der Waals surface area contributed by atoms with Gasteiger partial charge in [-0.15, -0.1) is 0 Å². The highest BCUT2D eigenvalue weighted by atomic mass is 32.2. The molecule has 1 fully saturated rings. The lowest BCUT2D eigenvalue weighted by molar-refractivity contribution is -0.132. The third-order valence-corrected chi connectivity index (χ3v) is 7.82. The summed E-state index contributed by atoms with van der Waals surface area (Å²) >= 11 is 0. The number of alkyl halides is 2. The fraction of sp³-hybridized carbons (Fsp3) is 0.400. The molecule has 0 aromatic heterocycles. The zero-order chi connectivity index (χ0) is 31.2. The molecule has 2 N–H and O–H groups in total. The van der Waals surface area contributed by atoms with Crippen LogP contribution in [0.3, 0.4) is 0 Å².